The van der Waals surface area contributed by atoms with Crippen LogP contribution in [-0.2, 0) is 11.3 Å². The zero-order chi connectivity index (χ0) is 20.5. The number of rotatable bonds is 4. The minimum absolute atomic E-state index is 0.0550. The summed E-state index contributed by atoms with van der Waals surface area (Å²) in [6.45, 7) is 7.74. The van der Waals surface area contributed by atoms with Crippen molar-refractivity contribution >= 4 is 40.6 Å². The van der Waals surface area contributed by atoms with Gasteiger partial charge in [-0.25, -0.2) is 4.39 Å². The number of halogens is 1. The average Bonchev–Trinajstić information content (AvgIpc) is 3.13. The zero-order valence-electron chi connectivity index (χ0n) is 16.3. The molecule has 28 heavy (non-hydrogen) atoms. The van der Waals surface area contributed by atoms with Crippen LogP contribution in [0.2, 0.25) is 0 Å². The monoisotopic (exact) mass is 415 g/mol. The summed E-state index contributed by atoms with van der Waals surface area (Å²) < 4.78 is 16.3. The van der Waals surface area contributed by atoms with Crippen LogP contribution < -0.4 is 14.8 Å². The van der Waals surface area contributed by atoms with Crippen LogP contribution in [0.3, 0.4) is 0 Å². The summed E-state index contributed by atoms with van der Waals surface area (Å²) in [6, 6.07) is 8.18. The molecule has 0 saturated heterocycles. The summed E-state index contributed by atoms with van der Waals surface area (Å²) in [7, 11) is 0. The van der Waals surface area contributed by atoms with E-state index >= 15 is 0 Å². The van der Waals surface area contributed by atoms with Crippen molar-refractivity contribution in [2.24, 2.45) is 5.41 Å². The Balaban J connectivity index is 2.19. The van der Waals surface area contributed by atoms with Gasteiger partial charge in [-0.2, -0.15) is 0 Å². The highest BCUT2D eigenvalue weighted by Crippen LogP contribution is 2.16. The quantitative estimate of drug-likeness (QED) is 0.652. The molecule has 2 heterocycles. The fraction of sp³-hybridized carbons (Fsp3) is 0.273. The summed E-state index contributed by atoms with van der Waals surface area (Å²) in [5, 5.41) is 1.98. The van der Waals surface area contributed by atoms with E-state index in [0.29, 0.717) is 14.8 Å². The second-order valence-corrected chi connectivity index (χ2v) is 9.71. The predicted octanol–water partition coefficient (Wildman–Crippen LogP) is 3.69. The van der Waals surface area contributed by atoms with Crippen molar-refractivity contribution in [2.75, 3.05) is 0 Å². The normalized spacial score (nSPS) is 13.3. The summed E-state index contributed by atoms with van der Waals surface area (Å²) in [4.78, 5) is 26.6. The summed E-state index contributed by atoms with van der Waals surface area (Å²) in [5.41, 5.74) is 1.07. The lowest BCUT2D eigenvalue weighted by atomic mass is 9.91. The maximum Gasteiger partial charge on any atom is 0.269 e. The summed E-state index contributed by atoms with van der Waals surface area (Å²) >= 11 is 2.86. The Morgan fingerprint density at radius 2 is 2.00 bits per heavy atom. The number of aryl methyl sites for hydroxylation is 1. The van der Waals surface area contributed by atoms with Crippen molar-refractivity contribution in [2.45, 2.75) is 34.2 Å². The van der Waals surface area contributed by atoms with Crippen LogP contribution in [0, 0.1) is 18.2 Å². The molecule has 0 amide bonds. The minimum atomic E-state index is -0.544. The third-order valence-electron chi connectivity index (χ3n) is 4.32. The Bertz CT molecular complexity index is 1190. The number of carbonyl (C=O) groups excluding carboxylic acids is 1. The van der Waals surface area contributed by atoms with Gasteiger partial charge in [0, 0.05) is 16.4 Å². The van der Waals surface area contributed by atoms with Crippen LogP contribution in [0.4, 0.5) is 4.39 Å². The van der Waals surface area contributed by atoms with Crippen LogP contribution in [0.25, 0.3) is 12.2 Å². The molecule has 1 aromatic carbocycles. The predicted molar refractivity (Wildman–Crippen MR) is 115 cm³/mol. The van der Waals surface area contributed by atoms with Gasteiger partial charge in [-0.3, -0.25) is 14.2 Å². The Morgan fingerprint density at radius 3 is 2.61 bits per heavy atom. The fourth-order valence-corrected chi connectivity index (χ4v) is 4.55. The first-order chi connectivity index (χ1) is 13.1. The number of aromatic nitrogens is 1. The maximum absolute atomic E-state index is 13.6. The molecule has 0 radical (unpaired) electrons. The number of hydrogen-bond acceptors (Lipinski definition) is 4. The van der Waals surface area contributed by atoms with Crippen LogP contribution in [0.15, 0.2) is 40.5 Å². The molecule has 0 aliphatic carbocycles. The van der Waals surface area contributed by atoms with Crippen molar-refractivity contribution < 1.29 is 9.18 Å². The molecule has 146 valence electrons. The van der Waals surface area contributed by atoms with Crippen molar-refractivity contribution in [3.63, 3.8) is 0 Å². The first-order valence-electron chi connectivity index (χ1n) is 8.91. The van der Waals surface area contributed by atoms with E-state index in [1.54, 1.807) is 28.0 Å². The van der Waals surface area contributed by atoms with E-state index in [9.17, 15) is 14.0 Å². The molecular weight excluding hydrogens is 393 g/mol. The number of hydrogen-bond donors (Lipinski definition) is 0. The van der Waals surface area contributed by atoms with E-state index in [1.807, 2.05) is 45.2 Å². The lowest BCUT2D eigenvalue weighted by Gasteiger charge is -2.13. The van der Waals surface area contributed by atoms with Crippen molar-refractivity contribution in [3.8, 4) is 0 Å². The molecule has 0 fully saturated rings. The SMILES string of the molecule is Cc1ccsc1/C=c1\s/c(=C\C(=O)C(C)(C)C)n(Cc2cccc(F)c2)c1=O. The molecule has 3 nitrogen and oxygen atoms in total. The zero-order valence-corrected chi connectivity index (χ0v) is 17.9. The maximum atomic E-state index is 13.6. The highest BCUT2D eigenvalue weighted by Gasteiger charge is 2.19. The molecular formula is C22H22FNO2S2. The van der Waals surface area contributed by atoms with Crippen molar-refractivity contribution in [1.82, 2.24) is 4.57 Å². The highest BCUT2D eigenvalue weighted by atomic mass is 32.1. The highest BCUT2D eigenvalue weighted by molar-refractivity contribution is 7.11. The second-order valence-electron chi connectivity index (χ2n) is 7.70. The van der Waals surface area contributed by atoms with E-state index in [4.69, 9.17) is 0 Å². The number of benzene rings is 1. The fourth-order valence-electron chi connectivity index (χ4n) is 2.59. The van der Waals surface area contributed by atoms with E-state index in [-0.39, 0.29) is 23.7 Å². The van der Waals surface area contributed by atoms with Crippen molar-refractivity contribution in [3.05, 3.63) is 77.1 Å². The number of Topliss-reactive ketones (excluding diaryl/α,β-unsaturated/α-hetero) is 1. The molecule has 0 spiro atoms. The van der Waals surface area contributed by atoms with Crippen LogP contribution in [-0.4, -0.2) is 10.4 Å². The number of ketones is 1. The minimum Gasteiger partial charge on any atom is -0.294 e. The molecule has 3 rings (SSSR count). The largest absolute Gasteiger partial charge is 0.294 e. The third kappa shape index (κ3) is 4.56. The van der Waals surface area contributed by atoms with Gasteiger partial charge in [0.2, 0.25) is 0 Å². The molecule has 0 saturated carbocycles. The molecule has 0 aliphatic rings. The lowest BCUT2D eigenvalue weighted by molar-refractivity contribution is -0.120. The molecule has 0 aliphatic heterocycles. The Morgan fingerprint density at radius 1 is 1.25 bits per heavy atom. The topological polar surface area (TPSA) is 39.1 Å². The molecule has 6 heteroatoms. The van der Waals surface area contributed by atoms with Gasteiger partial charge in [0.1, 0.15) is 10.5 Å². The lowest BCUT2D eigenvalue weighted by Crippen LogP contribution is -2.32. The van der Waals surface area contributed by atoms with Gasteiger partial charge in [-0.05, 0) is 47.7 Å². The number of thiazole rings is 1. The summed E-state index contributed by atoms with van der Waals surface area (Å²) in [5.74, 6) is -0.404. The van der Waals surface area contributed by atoms with Crippen molar-refractivity contribution in [1.29, 1.82) is 0 Å². The second kappa shape index (κ2) is 7.97. The van der Waals surface area contributed by atoms with Gasteiger partial charge in [0.15, 0.2) is 5.78 Å². The molecule has 0 unspecified atom stereocenters. The van der Waals surface area contributed by atoms with Crippen LogP contribution in [0.1, 0.15) is 36.8 Å². The Hall–Kier alpha value is -2.31. The average molecular weight is 416 g/mol. The van der Waals surface area contributed by atoms with E-state index in [1.165, 1.54) is 29.5 Å². The van der Waals surface area contributed by atoms with Gasteiger partial charge < -0.3 is 0 Å². The molecule has 0 atom stereocenters. The van der Waals surface area contributed by atoms with Crippen LogP contribution >= 0.6 is 22.7 Å². The number of nitrogens with zero attached hydrogens (tertiary/aromatic N) is 1. The number of carbonyl (C=O) groups is 1. The smallest absolute Gasteiger partial charge is 0.269 e. The summed E-state index contributed by atoms with van der Waals surface area (Å²) in [6.07, 6.45) is 3.40. The Kier molecular flexibility index (Phi) is 5.82. The van der Waals surface area contributed by atoms with E-state index in [2.05, 4.69) is 0 Å². The van der Waals surface area contributed by atoms with Gasteiger partial charge >= 0.3 is 0 Å². The molecule has 2 aromatic heterocycles. The van der Waals surface area contributed by atoms with Gasteiger partial charge in [-0.1, -0.05) is 32.9 Å². The van der Waals surface area contributed by atoms with E-state index in [0.717, 1.165) is 10.4 Å². The van der Waals surface area contributed by atoms with Gasteiger partial charge in [-0.15, -0.1) is 22.7 Å². The van der Waals surface area contributed by atoms with E-state index < -0.39 is 5.41 Å². The van der Waals surface area contributed by atoms with Gasteiger partial charge in [0.25, 0.3) is 5.56 Å². The number of thiophene rings is 1. The molecule has 0 bridgehead atoms. The molecule has 3 aromatic rings. The van der Waals surface area contributed by atoms with Crippen LogP contribution in [0.5, 0.6) is 0 Å². The standard InChI is InChI=1S/C22H22FNO2S2/c1-14-8-9-27-17(14)11-18-21(26)24(13-15-6-5-7-16(23)10-15)20(28-18)12-19(25)22(2,3)4/h5-12H,13H2,1-4H3/b18-11-,20-12-. The molecule has 0 N–H and O–H groups in total. The van der Waals surface area contributed by atoms with Gasteiger partial charge in [0.05, 0.1) is 11.1 Å². The third-order valence-corrected chi connectivity index (χ3v) is 6.35. The first kappa shape index (κ1) is 20.4. The Labute approximate surface area is 171 Å². The first-order valence-corrected chi connectivity index (χ1v) is 10.6.